The summed E-state index contributed by atoms with van der Waals surface area (Å²) >= 11 is 4.79. The lowest BCUT2D eigenvalue weighted by Gasteiger charge is -2.12. The van der Waals surface area contributed by atoms with Crippen molar-refractivity contribution in [2.24, 2.45) is 10.9 Å². The summed E-state index contributed by atoms with van der Waals surface area (Å²) in [4.78, 5) is 4.39. The van der Waals surface area contributed by atoms with Crippen molar-refractivity contribution in [2.45, 2.75) is 18.7 Å². The Balaban J connectivity index is 2.71. The van der Waals surface area contributed by atoms with Gasteiger partial charge in [0.15, 0.2) is 5.11 Å². The Labute approximate surface area is 134 Å². The quantitative estimate of drug-likeness (QED) is 0.735. The molecule has 1 aromatic heterocycles. The Bertz CT molecular complexity index is 828. The van der Waals surface area contributed by atoms with E-state index < -0.39 is 10.0 Å². The summed E-state index contributed by atoms with van der Waals surface area (Å²) in [6.07, 6.45) is 0. The molecule has 22 heavy (non-hydrogen) atoms. The van der Waals surface area contributed by atoms with Crippen molar-refractivity contribution >= 4 is 33.0 Å². The maximum absolute atomic E-state index is 11.8. The van der Waals surface area contributed by atoms with Crippen LogP contribution in [0.4, 0.5) is 5.69 Å². The second kappa shape index (κ2) is 5.99. The number of nitrogens with zero attached hydrogens (tertiary/aromatic N) is 1. The number of hydrogen-bond acceptors (Lipinski definition) is 4. The van der Waals surface area contributed by atoms with Crippen molar-refractivity contribution in [3.8, 4) is 11.3 Å². The summed E-state index contributed by atoms with van der Waals surface area (Å²) in [6, 6.07) is 8.26. The minimum absolute atomic E-state index is 0.00140. The molecule has 6 nitrogen and oxygen atoms in total. The highest BCUT2D eigenvalue weighted by atomic mass is 32.2. The number of thiocarbonyl (C=S) groups is 1. The zero-order valence-corrected chi connectivity index (χ0v) is 13.8. The van der Waals surface area contributed by atoms with Gasteiger partial charge in [-0.3, -0.25) is 4.98 Å². The number of hydrogen-bond donors (Lipinski definition) is 3. The fraction of sp³-hybridized carbons (Fsp3) is 0.143. The average molecular weight is 336 g/mol. The molecule has 1 aromatic carbocycles. The molecule has 5 N–H and O–H groups in total. The van der Waals surface area contributed by atoms with Gasteiger partial charge in [-0.1, -0.05) is 0 Å². The molecule has 0 amide bonds. The van der Waals surface area contributed by atoms with Crippen molar-refractivity contribution in [1.29, 1.82) is 0 Å². The second-order valence-electron chi connectivity index (χ2n) is 4.92. The lowest BCUT2D eigenvalue weighted by atomic mass is 10.1. The van der Waals surface area contributed by atoms with Gasteiger partial charge in [-0.15, -0.1) is 0 Å². The fourth-order valence-electron chi connectivity index (χ4n) is 2.18. The predicted octanol–water partition coefficient (Wildman–Crippen LogP) is 1.67. The van der Waals surface area contributed by atoms with Crippen molar-refractivity contribution in [3.63, 3.8) is 0 Å². The molecule has 0 saturated heterocycles. The van der Waals surface area contributed by atoms with Crippen LogP contribution in [0, 0.1) is 13.8 Å². The minimum atomic E-state index is -3.88. The number of pyridine rings is 1. The molecule has 116 valence electrons. The van der Waals surface area contributed by atoms with Crippen LogP contribution in [0.5, 0.6) is 0 Å². The van der Waals surface area contributed by atoms with E-state index in [9.17, 15) is 8.42 Å². The largest absolute Gasteiger partial charge is 0.376 e. The Hall–Kier alpha value is -2.03. The third kappa shape index (κ3) is 3.79. The normalized spacial score (nSPS) is 11.2. The highest BCUT2D eigenvalue weighted by Crippen LogP contribution is 2.29. The molecular weight excluding hydrogens is 320 g/mol. The molecule has 0 radical (unpaired) electrons. The molecule has 0 spiro atoms. The predicted molar refractivity (Wildman–Crippen MR) is 90.9 cm³/mol. The molecule has 2 aromatic rings. The molecule has 0 saturated carbocycles. The van der Waals surface area contributed by atoms with Crippen molar-refractivity contribution in [3.05, 3.63) is 41.6 Å². The highest BCUT2D eigenvalue weighted by molar-refractivity contribution is 7.89. The van der Waals surface area contributed by atoms with Gasteiger partial charge in [0.2, 0.25) is 10.0 Å². The first kappa shape index (κ1) is 16.3. The van der Waals surface area contributed by atoms with Gasteiger partial charge in [0, 0.05) is 16.9 Å². The van der Waals surface area contributed by atoms with E-state index in [0.29, 0.717) is 16.9 Å². The number of primary sulfonamides is 1. The Morgan fingerprint density at radius 1 is 1.23 bits per heavy atom. The summed E-state index contributed by atoms with van der Waals surface area (Å²) in [6.45, 7) is 3.75. The van der Waals surface area contributed by atoms with Gasteiger partial charge in [0.1, 0.15) is 0 Å². The van der Waals surface area contributed by atoms with Gasteiger partial charge >= 0.3 is 0 Å². The molecule has 0 aliphatic rings. The molecular formula is C14H16N4O2S2. The monoisotopic (exact) mass is 336 g/mol. The summed E-state index contributed by atoms with van der Waals surface area (Å²) < 4.78 is 23.6. The van der Waals surface area contributed by atoms with Crippen LogP contribution in [0.2, 0.25) is 0 Å². The van der Waals surface area contributed by atoms with Gasteiger partial charge in [-0.2, -0.15) is 0 Å². The lowest BCUT2D eigenvalue weighted by Crippen LogP contribution is -2.19. The van der Waals surface area contributed by atoms with Crippen LogP contribution in [-0.4, -0.2) is 18.5 Å². The SMILES string of the molecule is Cc1cc(C)nc(-c2cc(NC(N)=S)ccc2S(N)(=O)=O)c1. The number of sulfonamides is 1. The summed E-state index contributed by atoms with van der Waals surface area (Å²) in [5.41, 5.74) is 8.68. The zero-order chi connectivity index (χ0) is 16.5. The maximum Gasteiger partial charge on any atom is 0.238 e. The van der Waals surface area contributed by atoms with Crippen LogP contribution >= 0.6 is 12.2 Å². The van der Waals surface area contributed by atoms with Gasteiger partial charge in [-0.25, -0.2) is 13.6 Å². The standard InChI is InChI=1S/C14H16N4O2S2/c1-8-5-9(2)17-12(6-8)11-7-10(18-14(15)21)3-4-13(11)22(16,19)20/h3-7H,1-2H3,(H3,15,18,21)(H2,16,19,20). The van der Waals surface area contributed by atoms with E-state index in [4.69, 9.17) is 23.1 Å². The zero-order valence-electron chi connectivity index (χ0n) is 12.1. The van der Waals surface area contributed by atoms with Gasteiger partial charge in [0.05, 0.1) is 10.6 Å². The third-order valence-electron chi connectivity index (χ3n) is 2.93. The van der Waals surface area contributed by atoms with E-state index in [-0.39, 0.29) is 10.0 Å². The molecule has 0 bridgehead atoms. The van der Waals surface area contributed by atoms with Crippen LogP contribution in [0.15, 0.2) is 35.2 Å². The average Bonchev–Trinajstić information content (AvgIpc) is 2.35. The highest BCUT2D eigenvalue weighted by Gasteiger charge is 2.17. The molecule has 8 heteroatoms. The smallest absolute Gasteiger partial charge is 0.238 e. The molecule has 0 atom stereocenters. The topological polar surface area (TPSA) is 111 Å². The molecule has 1 heterocycles. The Morgan fingerprint density at radius 2 is 1.91 bits per heavy atom. The molecule has 2 rings (SSSR count). The third-order valence-corrected chi connectivity index (χ3v) is 4.00. The van der Waals surface area contributed by atoms with Crippen LogP contribution < -0.4 is 16.2 Å². The molecule has 0 aliphatic carbocycles. The first-order valence-corrected chi connectivity index (χ1v) is 8.31. The second-order valence-corrected chi connectivity index (χ2v) is 6.89. The number of aryl methyl sites for hydroxylation is 2. The van der Waals surface area contributed by atoms with E-state index in [2.05, 4.69) is 10.3 Å². The molecule has 0 aliphatic heterocycles. The number of rotatable bonds is 3. The van der Waals surface area contributed by atoms with E-state index in [0.717, 1.165) is 11.3 Å². The van der Waals surface area contributed by atoms with Crippen molar-refractivity contribution in [2.75, 3.05) is 5.32 Å². The van der Waals surface area contributed by atoms with E-state index in [1.165, 1.54) is 6.07 Å². The van der Waals surface area contributed by atoms with Gasteiger partial charge in [-0.05, 0) is 62.0 Å². The first-order chi connectivity index (χ1) is 10.2. The number of nitrogens with two attached hydrogens (primary N) is 2. The number of nitrogens with one attached hydrogen (secondary N) is 1. The Morgan fingerprint density at radius 3 is 2.45 bits per heavy atom. The molecule has 0 fully saturated rings. The lowest BCUT2D eigenvalue weighted by molar-refractivity contribution is 0.598. The van der Waals surface area contributed by atoms with Crippen LogP contribution in [0.25, 0.3) is 11.3 Å². The number of benzene rings is 1. The van der Waals surface area contributed by atoms with Gasteiger partial charge in [0.25, 0.3) is 0 Å². The maximum atomic E-state index is 11.8. The number of aromatic nitrogens is 1. The van der Waals surface area contributed by atoms with Crippen LogP contribution in [-0.2, 0) is 10.0 Å². The summed E-state index contributed by atoms with van der Waals surface area (Å²) in [5.74, 6) is 0. The fourth-order valence-corrected chi connectivity index (χ4v) is 3.02. The van der Waals surface area contributed by atoms with E-state index in [1.807, 2.05) is 19.9 Å². The van der Waals surface area contributed by atoms with Crippen molar-refractivity contribution in [1.82, 2.24) is 4.98 Å². The van der Waals surface area contributed by atoms with E-state index >= 15 is 0 Å². The first-order valence-electron chi connectivity index (χ1n) is 6.36. The number of anilines is 1. The Kier molecular flexibility index (Phi) is 4.45. The molecule has 0 unspecified atom stereocenters. The van der Waals surface area contributed by atoms with Gasteiger partial charge < -0.3 is 11.1 Å². The van der Waals surface area contributed by atoms with Crippen LogP contribution in [0.3, 0.4) is 0 Å². The summed E-state index contributed by atoms with van der Waals surface area (Å²) in [5, 5.41) is 8.15. The minimum Gasteiger partial charge on any atom is -0.376 e. The van der Waals surface area contributed by atoms with Crippen molar-refractivity contribution < 1.29 is 8.42 Å². The summed E-state index contributed by atoms with van der Waals surface area (Å²) in [7, 11) is -3.88. The van der Waals surface area contributed by atoms with Crippen LogP contribution in [0.1, 0.15) is 11.3 Å². The van der Waals surface area contributed by atoms with E-state index in [1.54, 1.807) is 18.2 Å².